The van der Waals surface area contributed by atoms with E-state index in [9.17, 15) is 0 Å². The summed E-state index contributed by atoms with van der Waals surface area (Å²) in [7, 11) is 2.18. The Labute approximate surface area is 104 Å². The molecular formula is C13H24N4. The van der Waals surface area contributed by atoms with Crippen LogP contribution in [0.15, 0.2) is 12.4 Å². The minimum atomic E-state index is 0.106. The van der Waals surface area contributed by atoms with E-state index in [4.69, 9.17) is 5.73 Å². The van der Waals surface area contributed by atoms with Gasteiger partial charge in [-0.15, -0.1) is 0 Å². The van der Waals surface area contributed by atoms with E-state index in [1.54, 1.807) is 0 Å². The van der Waals surface area contributed by atoms with Crippen LogP contribution in [0.5, 0.6) is 0 Å². The minimum Gasteiger partial charge on any atom is -0.324 e. The molecule has 0 radical (unpaired) electrons. The molecule has 2 rings (SSSR count). The van der Waals surface area contributed by atoms with Crippen molar-refractivity contribution in [2.24, 2.45) is 17.6 Å². The quantitative estimate of drug-likeness (QED) is 0.861. The lowest BCUT2D eigenvalue weighted by molar-refractivity contribution is 0.370. The van der Waals surface area contributed by atoms with E-state index in [1.165, 1.54) is 19.5 Å². The Morgan fingerprint density at radius 2 is 2.29 bits per heavy atom. The maximum atomic E-state index is 6.12. The van der Waals surface area contributed by atoms with Gasteiger partial charge in [-0.25, -0.2) is 0 Å². The number of hydrogen-bond acceptors (Lipinski definition) is 3. The van der Waals surface area contributed by atoms with E-state index in [2.05, 4.69) is 41.8 Å². The van der Waals surface area contributed by atoms with E-state index in [0.29, 0.717) is 5.92 Å². The molecule has 0 aliphatic carbocycles. The molecular weight excluding hydrogens is 212 g/mol. The maximum Gasteiger partial charge on any atom is 0.0537 e. The van der Waals surface area contributed by atoms with E-state index in [0.717, 1.165) is 18.0 Å². The van der Waals surface area contributed by atoms with Gasteiger partial charge in [-0.1, -0.05) is 13.8 Å². The fourth-order valence-electron chi connectivity index (χ4n) is 2.48. The number of aromatic nitrogens is 2. The zero-order valence-electron chi connectivity index (χ0n) is 11.1. The van der Waals surface area contributed by atoms with Gasteiger partial charge in [0.1, 0.15) is 0 Å². The van der Waals surface area contributed by atoms with Gasteiger partial charge in [0.2, 0.25) is 0 Å². The number of nitrogens with two attached hydrogens (primary N) is 1. The van der Waals surface area contributed by atoms with E-state index in [-0.39, 0.29) is 6.04 Å². The van der Waals surface area contributed by atoms with Crippen molar-refractivity contribution in [3.63, 3.8) is 0 Å². The minimum absolute atomic E-state index is 0.106. The first kappa shape index (κ1) is 12.6. The molecule has 1 unspecified atom stereocenters. The molecule has 0 amide bonds. The van der Waals surface area contributed by atoms with Crippen molar-refractivity contribution in [3.8, 4) is 0 Å². The number of likely N-dealkylation sites (tertiary alicyclic amines) is 1. The topological polar surface area (TPSA) is 47.1 Å². The van der Waals surface area contributed by atoms with Gasteiger partial charge in [-0.2, -0.15) is 5.10 Å². The van der Waals surface area contributed by atoms with Crippen molar-refractivity contribution < 1.29 is 0 Å². The van der Waals surface area contributed by atoms with Crippen molar-refractivity contribution in [1.29, 1.82) is 0 Å². The van der Waals surface area contributed by atoms with Gasteiger partial charge in [0.25, 0.3) is 0 Å². The average Bonchev–Trinajstić information content (AvgIpc) is 2.87. The zero-order valence-corrected chi connectivity index (χ0v) is 11.1. The molecule has 0 spiro atoms. The molecule has 1 saturated heterocycles. The molecule has 2 heterocycles. The lowest BCUT2D eigenvalue weighted by Crippen LogP contribution is -2.18. The van der Waals surface area contributed by atoms with Crippen LogP contribution in [0.2, 0.25) is 0 Å². The molecule has 1 aliphatic heterocycles. The summed E-state index contributed by atoms with van der Waals surface area (Å²) in [6.45, 7) is 7.72. The van der Waals surface area contributed by atoms with Crippen molar-refractivity contribution in [3.05, 3.63) is 18.0 Å². The average molecular weight is 236 g/mol. The highest BCUT2D eigenvalue weighted by molar-refractivity contribution is 5.10. The summed E-state index contributed by atoms with van der Waals surface area (Å²) < 4.78 is 2.06. The largest absolute Gasteiger partial charge is 0.324 e. The van der Waals surface area contributed by atoms with Crippen molar-refractivity contribution in [2.75, 3.05) is 20.1 Å². The molecule has 96 valence electrons. The second-order valence-corrected chi connectivity index (χ2v) is 5.68. The lowest BCUT2D eigenvalue weighted by Gasteiger charge is -2.13. The van der Waals surface area contributed by atoms with Crippen molar-refractivity contribution in [2.45, 2.75) is 32.9 Å². The van der Waals surface area contributed by atoms with E-state index >= 15 is 0 Å². The molecule has 1 fully saturated rings. The molecule has 2 N–H and O–H groups in total. The van der Waals surface area contributed by atoms with E-state index in [1.807, 2.05) is 6.20 Å². The molecule has 0 bridgehead atoms. The van der Waals surface area contributed by atoms with Crippen LogP contribution in [0.4, 0.5) is 0 Å². The number of hydrogen-bond donors (Lipinski definition) is 1. The highest BCUT2D eigenvalue weighted by atomic mass is 15.3. The molecule has 1 aromatic rings. The summed E-state index contributed by atoms with van der Waals surface area (Å²) >= 11 is 0. The molecule has 0 aromatic carbocycles. The van der Waals surface area contributed by atoms with Crippen LogP contribution in [0.1, 0.15) is 31.9 Å². The van der Waals surface area contributed by atoms with Crippen LogP contribution in [0.25, 0.3) is 0 Å². The molecule has 0 saturated carbocycles. The molecule has 2 atom stereocenters. The normalized spacial score (nSPS) is 23.5. The van der Waals surface area contributed by atoms with Crippen LogP contribution in [0, 0.1) is 11.8 Å². The molecule has 1 aliphatic rings. The second-order valence-electron chi connectivity index (χ2n) is 5.68. The van der Waals surface area contributed by atoms with Gasteiger partial charge < -0.3 is 10.6 Å². The highest BCUT2D eigenvalue weighted by Crippen LogP contribution is 2.20. The molecule has 4 nitrogen and oxygen atoms in total. The Bertz CT molecular complexity index is 358. The van der Waals surface area contributed by atoms with Crippen LogP contribution in [-0.2, 0) is 6.54 Å². The molecule has 1 aromatic heterocycles. The summed E-state index contributed by atoms with van der Waals surface area (Å²) in [5, 5.41) is 4.43. The highest BCUT2D eigenvalue weighted by Gasteiger charge is 2.20. The summed E-state index contributed by atoms with van der Waals surface area (Å²) in [6, 6.07) is 0.106. The molecule has 4 heteroatoms. The molecule has 17 heavy (non-hydrogen) atoms. The summed E-state index contributed by atoms with van der Waals surface area (Å²) in [6.07, 6.45) is 5.31. The Morgan fingerprint density at radius 1 is 1.53 bits per heavy atom. The van der Waals surface area contributed by atoms with Gasteiger partial charge >= 0.3 is 0 Å². The third-order valence-corrected chi connectivity index (χ3v) is 3.69. The van der Waals surface area contributed by atoms with Crippen molar-refractivity contribution in [1.82, 2.24) is 14.7 Å². The first-order valence-electron chi connectivity index (χ1n) is 6.52. The van der Waals surface area contributed by atoms with Crippen molar-refractivity contribution >= 4 is 0 Å². The predicted octanol–water partition coefficient (Wildman–Crippen LogP) is 1.49. The maximum absolute atomic E-state index is 6.12. The first-order valence-corrected chi connectivity index (χ1v) is 6.52. The van der Waals surface area contributed by atoms with Gasteiger partial charge in [-0.3, -0.25) is 4.68 Å². The zero-order chi connectivity index (χ0) is 12.4. The Kier molecular flexibility index (Phi) is 3.84. The smallest absolute Gasteiger partial charge is 0.0537 e. The van der Waals surface area contributed by atoms with Gasteiger partial charge in [0, 0.05) is 30.9 Å². The Morgan fingerprint density at radius 3 is 2.88 bits per heavy atom. The SMILES string of the molecule is CC(C)[C@H](N)c1cnn(CC2CCN(C)C2)c1. The fraction of sp³-hybridized carbons (Fsp3) is 0.769. The first-order chi connectivity index (χ1) is 8.06. The Balaban J connectivity index is 1.94. The summed E-state index contributed by atoms with van der Waals surface area (Å²) in [5.74, 6) is 1.20. The predicted molar refractivity (Wildman–Crippen MR) is 69.6 cm³/mol. The fourth-order valence-corrected chi connectivity index (χ4v) is 2.48. The van der Waals surface area contributed by atoms with Gasteiger partial charge in [0.15, 0.2) is 0 Å². The monoisotopic (exact) mass is 236 g/mol. The lowest BCUT2D eigenvalue weighted by atomic mass is 10.0. The Hall–Kier alpha value is -0.870. The summed E-state index contributed by atoms with van der Waals surface area (Å²) in [4.78, 5) is 2.38. The second kappa shape index (κ2) is 5.19. The number of nitrogens with zero attached hydrogens (tertiary/aromatic N) is 3. The third-order valence-electron chi connectivity index (χ3n) is 3.69. The van der Waals surface area contributed by atoms with Crippen LogP contribution < -0.4 is 5.73 Å². The van der Waals surface area contributed by atoms with Crippen LogP contribution in [-0.4, -0.2) is 34.8 Å². The summed E-state index contributed by atoms with van der Waals surface area (Å²) in [5.41, 5.74) is 7.28. The van der Waals surface area contributed by atoms with E-state index < -0.39 is 0 Å². The van der Waals surface area contributed by atoms with Crippen LogP contribution >= 0.6 is 0 Å². The van der Waals surface area contributed by atoms with Gasteiger partial charge in [-0.05, 0) is 31.8 Å². The van der Waals surface area contributed by atoms with Gasteiger partial charge in [0.05, 0.1) is 6.20 Å². The standard InChI is InChI=1S/C13H24N4/c1-10(2)13(14)12-6-15-17(9-12)8-11-4-5-16(3)7-11/h6,9-11,13H,4-5,7-8,14H2,1-3H3/t11?,13-/m0/s1. The van der Waals surface area contributed by atoms with Crippen LogP contribution in [0.3, 0.4) is 0 Å². The number of rotatable bonds is 4. The third kappa shape index (κ3) is 3.07.